The Bertz CT molecular complexity index is 1370. The molecular weight excluding hydrogens is 438 g/mol. The molecule has 2 aromatic carbocycles. The molecular formula is C22H18F2N4O3S. The summed E-state index contributed by atoms with van der Waals surface area (Å²) >= 11 is 1.24. The number of halogens is 2. The zero-order valence-corrected chi connectivity index (χ0v) is 17.9. The Morgan fingerprint density at radius 2 is 2.00 bits per heavy atom. The van der Waals surface area contributed by atoms with Crippen LogP contribution in [0.5, 0.6) is 5.75 Å². The number of benzene rings is 2. The maximum atomic E-state index is 13.7. The molecule has 1 aliphatic rings. The van der Waals surface area contributed by atoms with E-state index in [-0.39, 0.29) is 28.3 Å². The van der Waals surface area contributed by atoms with Gasteiger partial charge in [-0.25, -0.2) is 13.8 Å². The van der Waals surface area contributed by atoms with Crippen molar-refractivity contribution in [2.45, 2.75) is 36.7 Å². The number of ether oxygens (including phenoxy) is 1. The molecule has 0 unspecified atom stereocenters. The van der Waals surface area contributed by atoms with Crippen LogP contribution in [0.25, 0.3) is 22.3 Å². The van der Waals surface area contributed by atoms with Crippen LogP contribution in [0.4, 0.5) is 8.78 Å². The van der Waals surface area contributed by atoms with E-state index in [0.717, 1.165) is 30.5 Å². The van der Waals surface area contributed by atoms with Crippen molar-refractivity contribution in [2.24, 2.45) is 0 Å². The predicted octanol–water partition coefficient (Wildman–Crippen LogP) is 4.75. The molecule has 0 saturated heterocycles. The molecule has 0 spiro atoms. The topological polar surface area (TPSA) is 83.0 Å². The number of aromatic nitrogens is 4. The molecule has 164 valence electrons. The van der Waals surface area contributed by atoms with Gasteiger partial charge >= 0.3 is 0 Å². The minimum absolute atomic E-state index is 0.00886. The molecule has 1 aliphatic carbocycles. The van der Waals surface area contributed by atoms with Crippen LogP contribution >= 0.6 is 11.8 Å². The van der Waals surface area contributed by atoms with Crippen molar-refractivity contribution >= 4 is 22.7 Å². The largest absolute Gasteiger partial charge is 0.494 e. The van der Waals surface area contributed by atoms with Crippen molar-refractivity contribution in [1.82, 2.24) is 19.7 Å². The van der Waals surface area contributed by atoms with Crippen molar-refractivity contribution in [3.8, 4) is 17.1 Å². The second-order valence-corrected chi connectivity index (χ2v) is 8.29. The maximum absolute atomic E-state index is 13.7. The molecule has 10 heteroatoms. The average Bonchev–Trinajstić information content (AvgIpc) is 3.50. The van der Waals surface area contributed by atoms with E-state index in [1.165, 1.54) is 11.8 Å². The van der Waals surface area contributed by atoms with Crippen LogP contribution in [0.3, 0.4) is 0 Å². The van der Waals surface area contributed by atoms with Gasteiger partial charge in [-0.2, -0.15) is 4.98 Å². The number of fused-ring (bicyclic) bond motifs is 1. The lowest BCUT2D eigenvalue weighted by molar-refractivity contribution is 0.340. The first kappa shape index (κ1) is 20.6. The molecule has 1 fully saturated rings. The number of nitrogens with zero attached hydrogens (tertiary/aromatic N) is 4. The van der Waals surface area contributed by atoms with Gasteiger partial charge in [0.15, 0.2) is 16.8 Å². The second-order valence-electron chi connectivity index (χ2n) is 7.35. The lowest BCUT2D eigenvalue weighted by atomic mass is 10.2. The Balaban J connectivity index is 1.42. The number of rotatable bonds is 7. The lowest BCUT2D eigenvalue weighted by Crippen LogP contribution is -2.22. The Morgan fingerprint density at radius 1 is 1.19 bits per heavy atom. The van der Waals surface area contributed by atoms with E-state index >= 15 is 0 Å². The van der Waals surface area contributed by atoms with Gasteiger partial charge in [0.05, 0.1) is 23.3 Å². The smallest absolute Gasteiger partial charge is 0.262 e. The summed E-state index contributed by atoms with van der Waals surface area (Å²) in [5, 5.41) is 4.50. The summed E-state index contributed by atoms with van der Waals surface area (Å²) < 4.78 is 39.8. The fourth-order valence-electron chi connectivity index (χ4n) is 3.38. The van der Waals surface area contributed by atoms with Crippen LogP contribution in [0, 0.1) is 11.6 Å². The van der Waals surface area contributed by atoms with Crippen LogP contribution in [0.1, 0.15) is 31.7 Å². The Labute approximate surface area is 185 Å². The maximum Gasteiger partial charge on any atom is 0.262 e. The molecule has 2 aromatic heterocycles. The van der Waals surface area contributed by atoms with E-state index in [2.05, 4.69) is 15.1 Å². The van der Waals surface area contributed by atoms with Crippen molar-refractivity contribution in [3.05, 3.63) is 64.3 Å². The van der Waals surface area contributed by atoms with Crippen molar-refractivity contribution in [1.29, 1.82) is 0 Å². The zero-order chi connectivity index (χ0) is 22.2. The number of thioether (sulfide) groups is 1. The third-order valence-corrected chi connectivity index (χ3v) is 5.96. The summed E-state index contributed by atoms with van der Waals surface area (Å²) in [5.41, 5.74) is 0.497. The first-order valence-electron chi connectivity index (χ1n) is 10.1. The second kappa shape index (κ2) is 8.34. The quantitative estimate of drug-likeness (QED) is 0.293. The fourth-order valence-corrected chi connectivity index (χ4v) is 4.28. The molecule has 32 heavy (non-hydrogen) atoms. The number of hydrogen-bond acceptors (Lipinski definition) is 7. The van der Waals surface area contributed by atoms with Crippen molar-refractivity contribution < 1.29 is 18.0 Å². The van der Waals surface area contributed by atoms with Crippen LogP contribution in [0.15, 0.2) is 50.9 Å². The van der Waals surface area contributed by atoms with Gasteiger partial charge in [0.1, 0.15) is 5.75 Å². The van der Waals surface area contributed by atoms with E-state index in [1.54, 1.807) is 4.57 Å². The van der Waals surface area contributed by atoms with Gasteiger partial charge in [0.25, 0.3) is 5.56 Å². The van der Waals surface area contributed by atoms with E-state index in [4.69, 9.17) is 9.26 Å². The lowest BCUT2D eigenvalue weighted by Gasteiger charge is -2.11. The summed E-state index contributed by atoms with van der Waals surface area (Å²) in [4.78, 5) is 21.8. The van der Waals surface area contributed by atoms with Gasteiger partial charge in [-0.05, 0) is 38.0 Å². The SMILES string of the molecule is CCOc1cccc(-c2noc(CSc3nc4cc(F)c(F)cc4c(=O)n3C3CC3)n2)c1. The van der Waals surface area contributed by atoms with Crippen LogP contribution in [0.2, 0.25) is 0 Å². The van der Waals surface area contributed by atoms with Gasteiger partial charge in [-0.15, -0.1) is 0 Å². The molecule has 0 radical (unpaired) electrons. The molecule has 4 aromatic rings. The Morgan fingerprint density at radius 3 is 2.78 bits per heavy atom. The monoisotopic (exact) mass is 456 g/mol. The fraction of sp³-hybridized carbons (Fsp3) is 0.273. The van der Waals surface area contributed by atoms with Gasteiger partial charge in [0.2, 0.25) is 11.7 Å². The minimum atomic E-state index is -1.06. The third kappa shape index (κ3) is 3.97. The van der Waals surface area contributed by atoms with E-state index < -0.39 is 11.6 Å². The van der Waals surface area contributed by atoms with Gasteiger partial charge in [-0.3, -0.25) is 9.36 Å². The van der Waals surface area contributed by atoms with E-state index in [9.17, 15) is 13.6 Å². The summed E-state index contributed by atoms with van der Waals surface area (Å²) in [6.45, 7) is 2.46. The Kier molecular flexibility index (Phi) is 5.38. The molecule has 0 N–H and O–H groups in total. The summed E-state index contributed by atoms with van der Waals surface area (Å²) in [6.07, 6.45) is 1.68. The Hall–Kier alpha value is -3.27. The molecule has 0 atom stereocenters. The van der Waals surface area contributed by atoms with Crippen molar-refractivity contribution in [3.63, 3.8) is 0 Å². The first-order chi connectivity index (χ1) is 15.5. The van der Waals surface area contributed by atoms with Crippen LogP contribution in [-0.2, 0) is 5.75 Å². The molecule has 2 heterocycles. The highest BCUT2D eigenvalue weighted by Crippen LogP contribution is 2.37. The molecule has 0 aliphatic heterocycles. The van der Waals surface area contributed by atoms with E-state index in [0.29, 0.717) is 29.2 Å². The third-order valence-electron chi connectivity index (χ3n) is 5.02. The van der Waals surface area contributed by atoms with E-state index in [1.807, 2.05) is 31.2 Å². The van der Waals surface area contributed by atoms with Crippen molar-refractivity contribution in [2.75, 3.05) is 6.61 Å². The molecule has 0 amide bonds. The zero-order valence-electron chi connectivity index (χ0n) is 17.0. The standard InChI is InChI=1S/C22H18F2N4O3S/c1-2-30-14-5-3-4-12(8-14)20-26-19(31-27-20)11-32-22-25-18-10-17(24)16(23)9-15(18)21(29)28(22)13-6-7-13/h3-5,8-10,13H,2,6-7,11H2,1H3. The molecule has 7 nitrogen and oxygen atoms in total. The van der Waals surface area contributed by atoms with Crippen LogP contribution in [-0.4, -0.2) is 26.3 Å². The summed E-state index contributed by atoms with van der Waals surface area (Å²) in [7, 11) is 0. The highest BCUT2D eigenvalue weighted by Gasteiger charge is 2.29. The first-order valence-corrected chi connectivity index (χ1v) is 11.1. The predicted molar refractivity (Wildman–Crippen MR) is 115 cm³/mol. The molecule has 0 bridgehead atoms. The molecule has 5 rings (SSSR count). The number of hydrogen-bond donors (Lipinski definition) is 0. The highest BCUT2D eigenvalue weighted by atomic mass is 32.2. The van der Waals surface area contributed by atoms with Gasteiger partial charge in [-0.1, -0.05) is 29.1 Å². The molecule has 1 saturated carbocycles. The van der Waals surface area contributed by atoms with Crippen LogP contribution < -0.4 is 10.3 Å². The van der Waals surface area contributed by atoms with Gasteiger partial charge < -0.3 is 9.26 Å². The minimum Gasteiger partial charge on any atom is -0.494 e. The highest BCUT2D eigenvalue weighted by molar-refractivity contribution is 7.98. The summed E-state index contributed by atoms with van der Waals surface area (Å²) in [6, 6.07) is 9.25. The van der Waals surface area contributed by atoms with Gasteiger partial charge in [0, 0.05) is 17.7 Å². The average molecular weight is 456 g/mol. The normalized spacial score (nSPS) is 13.6. The summed E-state index contributed by atoms with van der Waals surface area (Å²) in [5.74, 6) is -0.346.